The number of halogens is 1. The number of ether oxygens (including phenoxy) is 2. The van der Waals surface area contributed by atoms with Crippen molar-refractivity contribution in [3.63, 3.8) is 0 Å². The Kier molecular flexibility index (Phi) is 19.9. The highest BCUT2D eigenvalue weighted by atomic mass is 32.1. The Morgan fingerprint density at radius 1 is 0.712 bits per heavy atom. The molecule has 0 fully saturated rings. The third-order valence-electron chi connectivity index (χ3n) is 11.1. The smallest absolute Gasteiger partial charge is 0.126 e. The van der Waals surface area contributed by atoms with Crippen LogP contribution in [0.25, 0.3) is 32.6 Å². The largest absolute Gasteiger partial charge is 0.496 e. The number of pyridine rings is 1. The van der Waals surface area contributed by atoms with E-state index in [-0.39, 0.29) is 11.7 Å². The van der Waals surface area contributed by atoms with Gasteiger partial charge in [-0.05, 0) is 151 Å². The van der Waals surface area contributed by atoms with Gasteiger partial charge in [0.15, 0.2) is 0 Å². The fourth-order valence-corrected chi connectivity index (χ4v) is 9.48. The molecule has 0 saturated carbocycles. The van der Waals surface area contributed by atoms with Gasteiger partial charge in [0, 0.05) is 24.5 Å². The lowest BCUT2D eigenvalue weighted by Crippen LogP contribution is -2.24. The molecule has 10 heteroatoms. The first-order chi connectivity index (χ1) is 31.3. The minimum atomic E-state index is -0.163. The molecule has 4 aromatic carbocycles. The number of thiazole rings is 1. The Labute approximate surface area is 406 Å². The third kappa shape index (κ3) is 13.7. The Morgan fingerprint density at radius 3 is 1.91 bits per heavy atom. The molecule has 348 valence electrons. The number of aryl methyl sites for hydroxylation is 2. The summed E-state index contributed by atoms with van der Waals surface area (Å²) in [5.41, 5.74) is 10.2. The van der Waals surface area contributed by atoms with Crippen molar-refractivity contribution in [2.24, 2.45) is 0 Å². The summed E-state index contributed by atoms with van der Waals surface area (Å²) in [7, 11) is 3.24. The lowest BCUT2D eigenvalue weighted by Gasteiger charge is -2.28. The molecule has 0 radical (unpaired) electrons. The monoisotopic (exact) mass is 942 g/mol. The number of thiophene rings is 1. The molecule has 0 atom stereocenters. The van der Waals surface area contributed by atoms with E-state index in [1.54, 1.807) is 62.0 Å². The first-order valence-electron chi connectivity index (χ1n) is 22.4. The molecule has 0 N–H and O–H groups in total. The highest BCUT2D eigenvalue weighted by molar-refractivity contribution is 7.71. The van der Waals surface area contributed by atoms with Crippen LogP contribution in [0.2, 0.25) is 0 Å². The maximum atomic E-state index is 13.2. The van der Waals surface area contributed by atoms with Gasteiger partial charge in [-0.15, -0.1) is 22.7 Å². The van der Waals surface area contributed by atoms with E-state index in [2.05, 4.69) is 156 Å². The van der Waals surface area contributed by atoms with Gasteiger partial charge in [0.2, 0.25) is 0 Å². The van der Waals surface area contributed by atoms with Crippen molar-refractivity contribution in [1.29, 1.82) is 5.26 Å². The lowest BCUT2D eigenvalue weighted by molar-refractivity contribution is 0.405. The van der Waals surface area contributed by atoms with Crippen LogP contribution in [0, 0.1) is 35.6 Å². The van der Waals surface area contributed by atoms with Crippen LogP contribution in [0.4, 0.5) is 4.39 Å². The number of nitrogens with zero attached hydrogens (tertiary/aromatic N) is 4. The van der Waals surface area contributed by atoms with Gasteiger partial charge in [-0.2, -0.15) is 5.26 Å². The number of hydrogen-bond donors (Lipinski definition) is 0. The third-order valence-corrected chi connectivity index (χ3v) is 13.5. The van der Waals surface area contributed by atoms with Crippen molar-refractivity contribution in [3.05, 3.63) is 163 Å². The Balaban J connectivity index is 0.000000180. The molecule has 0 amide bonds. The van der Waals surface area contributed by atoms with Crippen molar-refractivity contribution in [1.82, 2.24) is 14.5 Å². The van der Waals surface area contributed by atoms with Gasteiger partial charge in [0.05, 0.1) is 52.3 Å². The number of methoxy groups -OCH3 is 2. The van der Waals surface area contributed by atoms with E-state index in [0.29, 0.717) is 35.0 Å². The van der Waals surface area contributed by atoms with Crippen LogP contribution < -0.4 is 9.47 Å². The van der Waals surface area contributed by atoms with Crippen LogP contribution in [-0.4, -0.2) is 34.7 Å². The quantitative estimate of drug-likeness (QED) is 0.148. The molecule has 0 aliphatic carbocycles. The summed E-state index contributed by atoms with van der Waals surface area (Å²) in [6.07, 6.45) is 6.16. The lowest BCUT2D eigenvalue weighted by atomic mass is 9.94. The summed E-state index contributed by atoms with van der Waals surface area (Å²) in [4.78, 5) is 7.60. The van der Waals surface area contributed by atoms with Crippen LogP contribution in [0.3, 0.4) is 0 Å². The normalized spacial score (nSPS) is 11.6. The second kappa shape index (κ2) is 24.8. The molecule has 6 nitrogen and oxygen atoms in total. The first-order valence-corrected chi connectivity index (χ1v) is 24.6. The van der Waals surface area contributed by atoms with E-state index in [1.165, 1.54) is 36.9 Å². The first kappa shape index (κ1) is 53.0. The number of benzene rings is 4. The molecule has 0 bridgehead atoms. The van der Waals surface area contributed by atoms with E-state index in [1.807, 2.05) is 37.6 Å². The summed E-state index contributed by atoms with van der Waals surface area (Å²) in [5, 5.41) is 14.7. The van der Waals surface area contributed by atoms with Gasteiger partial charge in [-0.3, -0.25) is 0 Å². The molecular formula is C56H67FN4O2S3. The number of nitriles is 1. The summed E-state index contributed by atoms with van der Waals surface area (Å²) >= 11 is 8.77. The topological polar surface area (TPSA) is 63.3 Å². The van der Waals surface area contributed by atoms with Crippen molar-refractivity contribution < 1.29 is 13.9 Å². The average molecular weight is 943 g/mol. The molecule has 0 spiro atoms. The van der Waals surface area contributed by atoms with Crippen LogP contribution in [-0.2, 0) is 0 Å². The molecule has 8 rings (SSSR count). The Hall–Kier alpha value is -5.60. The molecule has 3 aromatic heterocycles. The number of rotatable bonds is 7. The van der Waals surface area contributed by atoms with E-state index in [4.69, 9.17) is 27.0 Å². The zero-order valence-electron chi connectivity index (χ0n) is 41.2. The van der Waals surface area contributed by atoms with Crippen molar-refractivity contribution in [2.75, 3.05) is 14.2 Å². The van der Waals surface area contributed by atoms with Gasteiger partial charge in [-0.25, -0.2) is 9.37 Å². The molecule has 0 saturated heterocycles. The standard InChI is InChI=1S/C14H16.C11H15FO.C11H13NO.C10H12N2S.C10H11NS2/c1-10(2)14-9-13-7-5-4-6-12(13)8-11(14)3;1-7(2)9-6-10(12)8(3)5-11(9)13-4;1-8(2)10-5-4-9(7-12)6-11(10)13-3;1-7(2)12-5-4-9-10(8(12)3)13-6-11-9;1-7(2)11-5-3-8-4-6-13-9(8)10(11)12/h4-10H,1-3H3;5-7H,1-4H3;4-6,8H,1-3H3;4-7H,3H2,1-2H3;3-7H,1-2H3. The second-order valence-electron chi connectivity index (χ2n) is 17.6. The predicted octanol–water partition coefficient (Wildman–Crippen LogP) is 17.0. The highest BCUT2D eigenvalue weighted by Crippen LogP contribution is 2.32. The molecule has 7 aromatic rings. The zero-order chi connectivity index (χ0) is 48.8. The Bertz CT molecular complexity index is 2840. The maximum absolute atomic E-state index is 13.2. The van der Waals surface area contributed by atoms with Crippen molar-refractivity contribution >= 4 is 67.5 Å². The maximum Gasteiger partial charge on any atom is 0.126 e. The molecular weight excluding hydrogens is 876 g/mol. The van der Waals surface area contributed by atoms with Crippen molar-refractivity contribution in [3.8, 4) is 17.6 Å². The second-order valence-corrected chi connectivity index (χ2v) is 19.7. The van der Waals surface area contributed by atoms with Gasteiger partial charge >= 0.3 is 0 Å². The molecule has 1 aliphatic rings. The molecule has 66 heavy (non-hydrogen) atoms. The summed E-state index contributed by atoms with van der Waals surface area (Å²) in [6.45, 7) is 29.4. The van der Waals surface area contributed by atoms with Crippen molar-refractivity contribution in [2.45, 2.75) is 113 Å². The van der Waals surface area contributed by atoms with Gasteiger partial charge < -0.3 is 18.9 Å². The minimum absolute atomic E-state index is 0.163. The highest BCUT2D eigenvalue weighted by Gasteiger charge is 2.19. The molecule has 4 heterocycles. The van der Waals surface area contributed by atoms with Crippen LogP contribution in [0.5, 0.6) is 11.5 Å². The summed E-state index contributed by atoms with van der Waals surface area (Å²) < 4.78 is 27.9. The van der Waals surface area contributed by atoms with Crippen LogP contribution in [0.15, 0.2) is 109 Å². The predicted molar refractivity (Wildman–Crippen MR) is 285 cm³/mol. The van der Waals surface area contributed by atoms with Gasteiger partial charge in [0.25, 0.3) is 0 Å². The van der Waals surface area contributed by atoms with E-state index in [0.717, 1.165) is 38.7 Å². The average Bonchev–Trinajstić information content (AvgIpc) is 3.99. The number of fused-ring (bicyclic) bond motifs is 3. The SMILES string of the molecule is C=C1c2scnc2C=CN1C(C)C.CC(C)n1ccc2ccsc2c1=S.COc1cc(C#N)ccc1C(C)C.COc1cc(C)c(F)cc1C(C)C.Cc1cc2ccccc2cc1C(C)C. The van der Waals surface area contributed by atoms with E-state index < -0.39 is 0 Å². The summed E-state index contributed by atoms with van der Waals surface area (Å²) in [6, 6.07) is 29.2. The fraction of sp³-hybridized carbons (Fsp3) is 0.339. The van der Waals surface area contributed by atoms with E-state index in [9.17, 15) is 4.39 Å². The zero-order valence-corrected chi connectivity index (χ0v) is 43.6. The van der Waals surface area contributed by atoms with E-state index >= 15 is 0 Å². The fourth-order valence-electron chi connectivity index (χ4n) is 7.36. The Morgan fingerprint density at radius 2 is 1.33 bits per heavy atom. The van der Waals surface area contributed by atoms with Crippen LogP contribution in [0.1, 0.15) is 137 Å². The van der Waals surface area contributed by atoms with Crippen LogP contribution >= 0.6 is 34.9 Å². The number of aromatic nitrogens is 2. The molecule has 1 aliphatic heterocycles. The summed E-state index contributed by atoms with van der Waals surface area (Å²) in [5.74, 6) is 2.72. The van der Waals surface area contributed by atoms with Gasteiger partial charge in [0.1, 0.15) is 22.0 Å². The molecule has 0 unspecified atom stereocenters. The van der Waals surface area contributed by atoms with Gasteiger partial charge in [-0.1, -0.05) is 103 Å². The number of hydrogen-bond acceptors (Lipinski definition) is 8. The minimum Gasteiger partial charge on any atom is -0.496 e.